The molecule has 1 saturated carbocycles. The summed E-state index contributed by atoms with van der Waals surface area (Å²) >= 11 is 0. The molecular formula is C12H19N3O2S. The lowest BCUT2D eigenvalue weighted by Crippen LogP contribution is -2.27. The Morgan fingerprint density at radius 2 is 2.06 bits per heavy atom. The average Bonchev–Trinajstić information content (AvgIpc) is 3.09. The van der Waals surface area contributed by atoms with Crippen molar-refractivity contribution in [3.05, 3.63) is 18.2 Å². The maximum Gasteiger partial charge on any atom is 0.238 e. The van der Waals surface area contributed by atoms with Crippen LogP contribution >= 0.6 is 0 Å². The van der Waals surface area contributed by atoms with Crippen molar-refractivity contribution in [2.24, 2.45) is 5.14 Å². The lowest BCUT2D eigenvalue weighted by molar-refractivity contribution is 0.597. The Morgan fingerprint density at radius 3 is 2.56 bits per heavy atom. The SMILES string of the molecule is CCCN(c1cc(S(N)(=O)=O)ccc1N)C1CC1. The second-order valence-electron chi connectivity index (χ2n) is 4.69. The Kier molecular flexibility index (Phi) is 3.49. The van der Waals surface area contributed by atoms with Crippen LogP contribution in [0.3, 0.4) is 0 Å². The lowest BCUT2D eigenvalue weighted by Gasteiger charge is -2.26. The lowest BCUT2D eigenvalue weighted by atomic mass is 10.2. The van der Waals surface area contributed by atoms with E-state index < -0.39 is 10.0 Å². The van der Waals surface area contributed by atoms with E-state index in [2.05, 4.69) is 11.8 Å². The van der Waals surface area contributed by atoms with Crippen LogP contribution in [0.2, 0.25) is 0 Å². The Balaban J connectivity index is 2.41. The maximum absolute atomic E-state index is 11.4. The van der Waals surface area contributed by atoms with Crippen molar-refractivity contribution in [3.63, 3.8) is 0 Å². The summed E-state index contributed by atoms with van der Waals surface area (Å²) in [5.74, 6) is 0. The summed E-state index contributed by atoms with van der Waals surface area (Å²) in [5.41, 5.74) is 7.34. The molecule has 0 bridgehead atoms. The Labute approximate surface area is 108 Å². The van der Waals surface area contributed by atoms with Gasteiger partial charge in [-0.3, -0.25) is 0 Å². The van der Waals surface area contributed by atoms with E-state index in [0.717, 1.165) is 31.5 Å². The van der Waals surface area contributed by atoms with Gasteiger partial charge in [-0.05, 0) is 37.5 Å². The molecule has 2 rings (SSSR count). The summed E-state index contributed by atoms with van der Waals surface area (Å²) in [5, 5.41) is 5.15. The van der Waals surface area contributed by atoms with Crippen molar-refractivity contribution < 1.29 is 8.42 Å². The highest BCUT2D eigenvalue weighted by molar-refractivity contribution is 7.89. The van der Waals surface area contributed by atoms with Crippen LogP contribution in [0.15, 0.2) is 23.1 Å². The predicted molar refractivity (Wildman–Crippen MR) is 72.9 cm³/mol. The van der Waals surface area contributed by atoms with Gasteiger partial charge in [0.15, 0.2) is 0 Å². The molecule has 0 amide bonds. The number of nitrogens with two attached hydrogens (primary N) is 2. The summed E-state index contributed by atoms with van der Waals surface area (Å²) in [6, 6.07) is 5.13. The number of hydrogen-bond acceptors (Lipinski definition) is 4. The van der Waals surface area contributed by atoms with Crippen molar-refractivity contribution in [3.8, 4) is 0 Å². The first-order chi connectivity index (χ1) is 8.43. The average molecular weight is 269 g/mol. The number of primary sulfonamides is 1. The Hall–Kier alpha value is -1.27. The summed E-state index contributed by atoms with van der Waals surface area (Å²) in [6.07, 6.45) is 3.27. The van der Waals surface area contributed by atoms with Gasteiger partial charge in [0.25, 0.3) is 0 Å². The van der Waals surface area contributed by atoms with Crippen LogP contribution in [0, 0.1) is 0 Å². The highest BCUT2D eigenvalue weighted by atomic mass is 32.2. The van der Waals surface area contributed by atoms with Gasteiger partial charge in [0.05, 0.1) is 16.3 Å². The molecule has 18 heavy (non-hydrogen) atoms. The third kappa shape index (κ3) is 2.76. The molecule has 0 unspecified atom stereocenters. The second kappa shape index (κ2) is 4.78. The normalized spacial score (nSPS) is 15.7. The Morgan fingerprint density at radius 1 is 1.39 bits per heavy atom. The zero-order valence-corrected chi connectivity index (χ0v) is 11.3. The van der Waals surface area contributed by atoms with Gasteiger partial charge in [0.1, 0.15) is 0 Å². The maximum atomic E-state index is 11.4. The first-order valence-corrected chi connectivity index (χ1v) is 7.67. The molecule has 5 nitrogen and oxygen atoms in total. The van der Waals surface area contributed by atoms with Gasteiger partial charge in [-0.2, -0.15) is 0 Å². The quantitative estimate of drug-likeness (QED) is 0.788. The number of nitrogens with zero attached hydrogens (tertiary/aromatic N) is 1. The molecule has 4 N–H and O–H groups in total. The molecule has 0 spiro atoms. The van der Waals surface area contributed by atoms with E-state index in [4.69, 9.17) is 10.9 Å². The number of hydrogen-bond donors (Lipinski definition) is 2. The van der Waals surface area contributed by atoms with Crippen LogP contribution in [0.25, 0.3) is 0 Å². The van der Waals surface area contributed by atoms with Crippen molar-refractivity contribution in [1.29, 1.82) is 0 Å². The number of rotatable bonds is 5. The molecule has 0 radical (unpaired) electrons. The van der Waals surface area contributed by atoms with E-state index in [1.807, 2.05) is 0 Å². The molecular weight excluding hydrogens is 250 g/mol. The molecule has 0 atom stereocenters. The summed E-state index contributed by atoms with van der Waals surface area (Å²) in [7, 11) is -3.68. The highest BCUT2D eigenvalue weighted by Gasteiger charge is 2.30. The molecule has 0 aliphatic heterocycles. The first kappa shape index (κ1) is 13.2. The third-order valence-corrected chi connectivity index (χ3v) is 4.00. The van der Waals surface area contributed by atoms with Crippen molar-refractivity contribution >= 4 is 21.4 Å². The van der Waals surface area contributed by atoms with E-state index >= 15 is 0 Å². The fraction of sp³-hybridized carbons (Fsp3) is 0.500. The first-order valence-electron chi connectivity index (χ1n) is 6.12. The zero-order valence-electron chi connectivity index (χ0n) is 10.5. The van der Waals surface area contributed by atoms with Crippen molar-refractivity contribution in [1.82, 2.24) is 0 Å². The van der Waals surface area contributed by atoms with Crippen LogP contribution in [0.1, 0.15) is 26.2 Å². The van der Waals surface area contributed by atoms with Crippen molar-refractivity contribution in [2.45, 2.75) is 37.1 Å². The topological polar surface area (TPSA) is 89.4 Å². The zero-order chi connectivity index (χ0) is 13.3. The Bertz CT molecular complexity index is 538. The van der Waals surface area contributed by atoms with Gasteiger partial charge in [-0.25, -0.2) is 13.6 Å². The molecule has 1 fully saturated rings. The number of anilines is 2. The minimum absolute atomic E-state index is 0.119. The second-order valence-corrected chi connectivity index (χ2v) is 6.25. The summed E-state index contributed by atoms with van der Waals surface area (Å²) in [6.45, 7) is 2.97. The fourth-order valence-corrected chi connectivity index (χ4v) is 2.61. The molecule has 100 valence electrons. The number of nitrogen functional groups attached to an aromatic ring is 1. The van der Waals surface area contributed by atoms with Gasteiger partial charge in [-0.15, -0.1) is 0 Å². The van der Waals surface area contributed by atoms with Gasteiger partial charge in [-0.1, -0.05) is 6.92 Å². The predicted octanol–water partition coefficient (Wildman–Crippen LogP) is 1.29. The third-order valence-electron chi connectivity index (χ3n) is 3.09. The molecule has 0 aromatic heterocycles. The molecule has 0 saturated heterocycles. The largest absolute Gasteiger partial charge is 0.397 e. The van der Waals surface area contributed by atoms with Gasteiger partial charge in [0.2, 0.25) is 10.0 Å². The van der Waals surface area contributed by atoms with Gasteiger partial charge >= 0.3 is 0 Å². The van der Waals surface area contributed by atoms with E-state index in [0.29, 0.717) is 11.7 Å². The fourth-order valence-electron chi connectivity index (χ4n) is 2.08. The summed E-state index contributed by atoms with van der Waals surface area (Å²) in [4.78, 5) is 2.30. The molecule has 1 aliphatic carbocycles. The van der Waals surface area contributed by atoms with E-state index in [1.165, 1.54) is 6.07 Å². The molecule has 0 heterocycles. The molecule has 1 aliphatic rings. The van der Waals surface area contributed by atoms with E-state index in [-0.39, 0.29) is 4.90 Å². The molecule has 1 aromatic carbocycles. The number of benzene rings is 1. The monoisotopic (exact) mass is 269 g/mol. The smallest absolute Gasteiger partial charge is 0.238 e. The standard InChI is InChI=1S/C12H19N3O2S/c1-2-7-15(9-3-4-9)12-8-10(18(14,16)17)5-6-11(12)13/h5-6,8-9H,2-4,7,13H2,1H3,(H2,14,16,17). The van der Waals surface area contributed by atoms with Gasteiger partial charge < -0.3 is 10.6 Å². The van der Waals surface area contributed by atoms with E-state index in [9.17, 15) is 8.42 Å². The highest BCUT2D eigenvalue weighted by Crippen LogP contribution is 2.35. The van der Waals surface area contributed by atoms with E-state index in [1.54, 1.807) is 12.1 Å². The minimum Gasteiger partial charge on any atom is -0.397 e. The van der Waals surface area contributed by atoms with Gasteiger partial charge in [0, 0.05) is 12.6 Å². The van der Waals surface area contributed by atoms with Crippen LogP contribution in [-0.2, 0) is 10.0 Å². The minimum atomic E-state index is -3.68. The van der Waals surface area contributed by atoms with Crippen LogP contribution < -0.4 is 15.8 Å². The van der Waals surface area contributed by atoms with Crippen LogP contribution in [-0.4, -0.2) is 21.0 Å². The van der Waals surface area contributed by atoms with Crippen molar-refractivity contribution in [2.75, 3.05) is 17.2 Å². The molecule has 1 aromatic rings. The van der Waals surface area contributed by atoms with Crippen LogP contribution in [0.4, 0.5) is 11.4 Å². The summed E-state index contributed by atoms with van der Waals surface area (Å²) < 4.78 is 22.8. The molecule has 6 heteroatoms. The van der Waals surface area contributed by atoms with Crippen LogP contribution in [0.5, 0.6) is 0 Å². The number of sulfonamides is 1.